The lowest BCUT2D eigenvalue weighted by Crippen LogP contribution is -2.52. The van der Waals surface area contributed by atoms with E-state index in [0.717, 1.165) is 19.6 Å². The molecule has 0 unspecified atom stereocenters. The molecule has 0 bridgehead atoms. The average Bonchev–Trinajstić information content (AvgIpc) is 2.36. The summed E-state index contributed by atoms with van der Waals surface area (Å²) in [4.78, 5) is 27.1. The van der Waals surface area contributed by atoms with Gasteiger partial charge in [0.15, 0.2) is 0 Å². The first kappa shape index (κ1) is 15.8. The highest BCUT2D eigenvalue weighted by Gasteiger charge is 2.21. The summed E-state index contributed by atoms with van der Waals surface area (Å²) in [6, 6.07) is -0.183. The fourth-order valence-corrected chi connectivity index (χ4v) is 2.12. The van der Waals surface area contributed by atoms with Gasteiger partial charge < -0.3 is 15.0 Å². The minimum atomic E-state index is -0.394. The van der Waals surface area contributed by atoms with E-state index in [1.807, 2.05) is 0 Å². The fraction of sp³-hybridized carbons (Fsp3) is 0.846. The van der Waals surface area contributed by atoms with Gasteiger partial charge in [-0.3, -0.25) is 9.69 Å². The molecule has 0 atom stereocenters. The first-order chi connectivity index (χ1) is 9.02. The third-order valence-corrected chi connectivity index (χ3v) is 2.97. The Bertz CT molecular complexity index is 300. The largest absolute Gasteiger partial charge is 0.465 e. The highest BCUT2D eigenvalue weighted by molar-refractivity contribution is 5.80. The van der Waals surface area contributed by atoms with Crippen LogP contribution in [0.25, 0.3) is 0 Å². The van der Waals surface area contributed by atoms with Crippen molar-refractivity contribution in [3.8, 4) is 0 Å². The first-order valence-corrected chi connectivity index (χ1v) is 6.93. The van der Waals surface area contributed by atoms with Gasteiger partial charge >= 0.3 is 12.0 Å². The smallest absolute Gasteiger partial charge is 0.325 e. The summed E-state index contributed by atoms with van der Waals surface area (Å²) in [5, 5.41) is 2.59. The van der Waals surface area contributed by atoms with Crippen LogP contribution in [0.15, 0.2) is 0 Å². The van der Waals surface area contributed by atoms with Gasteiger partial charge in [0.25, 0.3) is 0 Å². The summed E-state index contributed by atoms with van der Waals surface area (Å²) in [7, 11) is 0. The topological polar surface area (TPSA) is 61.9 Å². The van der Waals surface area contributed by atoms with Crippen molar-refractivity contribution in [2.24, 2.45) is 5.92 Å². The number of nitrogens with one attached hydrogen (secondary N) is 1. The Balaban J connectivity index is 2.23. The Hall–Kier alpha value is -1.30. The Labute approximate surface area is 115 Å². The van der Waals surface area contributed by atoms with Crippen LogP contribution in [0.5, 0.6) is 0 Å². The van der Waals surface area contributed by atoms with E-state index in [9.17, 15) is 9.59 Å². The van der Waals surface area contributed by atoms with Crippen LogP contribution in [0.3, 0.4) is 0 Å². The number of hydrogen-bond donors (Lipinski definition) is 1. The summed E-state index contributed by atoms with van der Waals surface area (Å²) in [6.07, 6.45) is 0. The molecule has 1 N–H and O–H groups in total. The van der Waals surface area contributed by atoms with Crippen LogP contribution < -0.4 is 5.32 Å². The molecular formula is C13H25N3O3. The summed E-state index contributed by atoms with van der Waals surface area (Å²) in [6.45, 7) is 10.7. The SMILES string of the molecule is CCOC(=O)CNC(=O)N1CCN(CC(C)C)CC1. The van der Waals surface area contributed by atoms with Crippen molar-refractivity contribution in [2.75, 3.05) is 45.9 Å². The van der Waals surface area contributed by atoms with Gasteiger partial charge in [-0.15, -0.1) is 0 Å². The molecule has 2 amide bonds. The lowest BCUT2D eigenvalue weighted by Gasteiger charge is -2.35. The van der Waals surface area contributed by atoms with Crippen LogP contribution in [-0.2, 0) is 9.53 Å². The molecule has 19 heavy (non-hydrogen) atoms. The number of piperazine rings is 1. The van der Waals surface area contributed by atoms with Gasteiger partial charge in [-0.25, -0.2) is 4.79 Å². The molecule has 0 aromatic rings. The number of rotatable bonds is 5. The molecule has 110 valence electrons. The number of ether oxygens (including phenoxy) is 1. The number of esters is 1. The zero-order valence-corrected chi connectivity index (χ0v) is 12.1. The van der Waals surface area contributed by atoms with E-state index < -0.39 is 5.97 Å². The van der Waals surface area contributed by atoms with Crippen LogP contribution >= 0.6 is 0 Å². The molecule has 1 heterocycles. The summed E-state index contributed by atoms with van der Waals surface area (Å²) in [5.74, 6) is 0.249. The molecule has 0 spiro atoms. The summed E-state index contributed by atoms with van der Waals surface area (Å²) < 4.78 is 4.76. The van der Waals surface area contributed by atoms with Gasteiger partial charge in [0, 0.05) is 32.7 Å². The zero-order valence-electron chi connectivity index (χ0n) is 12.1. The van der Waals surface area contributed by atoms with Gasteiger partial charge in [0.05, 0.1) is 6.61 Å². The van der Waals surface area contributed by atoms with E-state index >= 15 is 0 Å². The third-order valence-electron chi connectivity index (χ3n) is 2.97. The Kier molecular flexibility index (Phi) is 6.62. The van der Waals surface area contributed by atoms with Gasteiger partial charge in [-0.2, -0.15) is 0 Å². The first-order valence-electron chi connectivity index (χ1n) is 6.93. The van der Waals surface area contributed by atoms with E-state index in [0.29, 0.717) is 25.6 Å². The van der Waals surface area contributed by atoms with Gasteiger partial charge in [0.2, 0.25) is 0 Å². The highest BCUT2D eigenvalue weighted by Crippen LogP contribution is 2.05. The van der Waals surface area contributed by atoms with Gasteiger partial charge in [-0.05, 0) is 12.8 Å². The molecule has 6 heteroatoms. The monoisotopic (exact) mass is 271 g/mol. The second-order valence-electron chi connectivity index (χ2n) is 5.15. The van der Waals surface area contributed by atoms with E-state index in [1.54, 1.807) is 11.8 Å². The second-order valence-corrected chi connectivity index (χ2v) is 5.15. The average molecular weight is 271 g/mol. The molecule has 6 nitrogen and oxygen atoms in total. The van der Waals surface area contributed by atoms with Gasteiger partial charge in [-0.1, -0.05) is 13.8 Å². The number of nitrogens with zero attached hydrogens (tertiary/aromatic N) is 2. The molecule has 1 fully saturated rings. The minimum absolute atomic E-state index is 0.0567. The number of carbonyl (C=O) groups excluding carboxylic acids is 2. The number of amides is 2. The Morgan fingerprint density at radius 2 is 1.84 bits per heavy atom. The number of urea groups is 1. The summed E-state index contributed by atoms with van der Waals surface area (Å²) in [5.41, 5.74) is 0. The van der Waals surface area contributed by atoms with Crippen molar-refractivity contribution < 1.29 is 14.3 Å². The summed E-state index contributed by atoms with van der Waals surface area (Å²) >= 11 is 0. The van der Waals surface area contributed by atoms with Crippen LogP contribution in [-0.4, -0.2) is 67.7 Å². The van der Waals surface area contributed by atoms with Crippen LogP contribution in [0.2, 0.25) is 0 Å². The zero-order chi connectivity index (χ0) is 14.3. The van der Waals surface area contributed by atoms with Crippen molar-refractivity contribution in [3.63, 3.8) is 0 Å². The lowest BCUT2D eigenvalue weighted by atomic mass is 10.2. The number of carbonyl (C=O) groups is 2. The molecular weight excluding hydrogens is 246 g/mol. The molecule has 1 rings (SSSR count). The molecule has 0 aromatic carbocycles. The van der Waals surface area contributed by atoms with Crippen LogP contribution in [0, 0.1) is 5.92 Å². The van der Waals surface area contributed by atoms with Crippen molar-refractivity contribution in [1.82, 2.24) is 15.1 Å². The van der Waals surface area contributed by atoms with Crippen LogP contribution in [0.4, 0.5) is 4.79 Å². The standard InChI is InChI=1S/C13H25N3O3/c1-4-19-12(17)9-14-13(18)16-7-5-15(6-8-16)10-11(2)3/h11H,4-10H2,1-3H3,(H,14,18). The number of hydrogen-bond acceptors (Lipinski definition) is 4. The normalized spacial score (nSPS) is 16.5. The van der Waals surface area contributed by atoms with Crippen molar-refractivity contribution in [2.45, 2.75) is 20.8 Å². The van der Waals surface area contributed by atoms with E-state index in [-0.39, 0.29) is 12.6 Å². The molecule has 1 saturated heterocycles. The predicted molar refractivity (Wildman–Crippen MR) is 72.9 cm³/mol. The Morgan fingerprint density at radius 1 is 1.21 bits per heavy atom. The molecule has 1 aliphatic heterocycles. The van der Waals surface area contributed by atoms with E-state index in [4.69, 9.17) is 4.74 Å². The van der Waals surface area contributed by atoms with E-state index in [1.165, 1.54) is 0 Å². The Morgan fingerprint density at radius 3 is 2.37 bits per heavy atom. The molecule has 1 aliphatic rings. The molecule has 0 radical (unpaired) electrons. The maximum atomic E-state index is 11.8. The van der Waals surface area contributed by atoms with Crippen LogP contribution in [0.1, 0.15) is 20.8 Å². The maximum Gasteiger partial charge on any atom is 0.325 e. The fourth-order valence-electron chi connectivity index (χ4n) is 2.12. The van der Waals surface area contributed by atoms with E-state index in [2.05, 4.69) is 24.1 Å². The van der Waals surface area contributed by atoms with Crippen molar-refractivity contribution in [3.05, 3.63) is 0 Å². The maximum absolute atomic E-state index is 11.8. The highest BCUT2D eigenvalue weighted by atomic mass is 16.5. The molecule has 0 aromatic heterocycles. The molecule has 0 saturated carbocycles. The quantitative estimate of drug-likeness (QED) is 0.741. The third kappa shape index (κ3) is 5.92. The predicted octanol–water partition coefficient (Wildman–Crippen LogP) is 0.533. The van der Waals surface area contributed by atoms with Gasteiger partial charge in [0.1, 0.15) is 6.54 Å². The minimum Gasteiger partial charge on any atom is -0.465 e. The van der Waals surface area contributed by atoms with Crippen molar-refractivity contribution in [1.29, 1.82) is 0 Å². The molecule has 0 aliphatic carbocycles. The lowest BCUT2D eigenvalue weighted by molar-refractivity contribution is -0.141. The second kappa shape index (κ2) is 7.99. The van der Waals surface area contributed by atoms with Crippen molar-refractivity contribution >= 4 is 12.0 Å².